The number of hydrogen-bond acceptors (Lipinski definition) is 7. The molecule has 1 aromatic carbocycles. The number of aromatic nitrogens is 1. The van der Waals surface area contributed by atoms with E-state index in [0.29, 0.717) is 6.54 Å². The molecule has 0 spiro atoms. The van der Waals surface area contributed by atoms with Crippen molar-refractivity contribution >= 4 is 34.2 Å². The van der Waals surface area contributed by atoms with E-state index in [0.717, 1.165) is 41.8 Å². The van der Waals surface area contributed by atoms with Gasteiger partial charge in [0.25, 0.3) is 0 Å². The van der Waals surface area contributed by atoms with E-state index in [2.05, 4.69) is 26.3 Å². The molecule has 1 aliphatic rings. The van der Waals surface area contributed by atoms with Crippen LogP contribution in [0.25, 0.3) is 0 Å². The Hall–Kier alpha value is -2.90. The summed E-state index contributed by atoms with van der Waals surface area (Å²) in [5.41, 5.74) is 2.68. The molecule has 170 valence electrons. The van der Waals surface area contributed by atoms with Crippen LogP contribution in [0.5, 0.6) is 0 Å². The van der Waals surface area contributed by atoms with Crippen LogP contribution >= 0.6 is 11.3 Å². The molecule has 2 amide bonds. The lowest BCUT2D eigenvalue weighted by Crippen LogP contribution is -2.33. The smallest absolute Gasteiger partial charge is 0.475 e. The number of alkyl halides is 3. The molecule has 1 aliphatic heterocycles. The van der Waals surface area contributed by atoms with Crippen LogP contribution < -0.4 is 21.3 Å². The van der Waals surface area contributed by atoms with Crippen LogP contribution in [0.4, 0.5) is 28.8 Å². The van der Waals surface area contributed by atoms with E-state index in [9.17, 15) is 18.0 Å². The number of ether oxygens (including phenoxy) is 1. The molecular weight excluding hydrogens is 439 g/mol. The number of thiazole rings is 1. The van der Waals surface area contributed by atoms with Gasteiger partial charge in [-0.1, -0.05) is 12.1 Å². The summed E-state index contributed by atoms with van der Waals surface area (Å²) in [6.07, 6.45) is -5.01. The Bertz CT molecular complexity index is 855. The zero-order valence-electron chi connectivity index (χ0n) is 16.5. The van der Waals surface area contributed by atoms with Crippen LogP contribution in [0.15, 0.2) is 29.6 Å². The van der Waals surface area contributed by atoms with E-state index in [-0.39, 0.29) is 12.1 Å². The SMILES string of the molecule is CNc1nc(CNC(=O)Nc2ccc(C3CNCCO3)cc2)cs1.O=C(O)C(F)(F)F. The topological polar surface area (TPSA) is 125 Å². The number of aliphatic carboxylic acids is 1. The fraction of sp³-hybridized carbons (Fsp3) is 0.389. The number of urea groups is 1. The summed E-state index contributed by atoms with van der Waals surface area (Å²) in [4.78, 5) is 25.2. The molecule has 1 saturated heterocycles. The fourth-order valence-electron chi connectivity index (χ4n) is 2.41. The van der Waals surface area contributed by atoms with Gasteiger partial charge in [0.05, 0.1) is 24.9 Å². The minimum atomic E-state index is -5.08. The van der Waals surface area contributed by atoms with Gasteiger partial charge in [0.1, 0.15) is 0 Å². The standard InChI is InChI=1S/C16H21N5O2S.C2HF3O2/c1-17-16-21-13(10-24-16)8-19-15(22)20-12-4-2-11(3-5-12)14-9-18-6-7-23-14;3-2(4,5)1(6)7/h2-5,10,14,18H,6-9H2,1H3,(H,17,21)(H2,19,20,22);(H,6,7). The van der Waals surface area contributed by atoms with Crippen LogP contribution in [0, 0.1) is 0 Å². The zero-order chi connectivity index (χ0) is 22.9. The Kier molecular flexibility index (Phi) is 9.03. The number of carbonyl (C=O) groups excluding carboxylic acids is 1. The molecule has 0 bridgehead atoms. The van der Waals surface area contributed by atoms with Crippen molar-refractivity contribution < 1.29 is 32.6 Å². The molecular formula is C18H22F3N5O4S. The van der Waals surface area contributed by atoms with Crippen LogP contribution in [0.2, 0.25) is 0 Å². The number of amides is 2. The average molecular weight is 461 g/mol. The number of hydrogen-bond donors (Lipinski definition) is 5. The second-order valence-electron chi connectivity index (χ2n) is 6.19. The maximum Gasteiger partial charge on any atom is 0.490 e. The van der Waals surface area contributed by atoms with Gasteiger partial charge >= 0.3 is 18.2 Å². The highest BCUT2D eigenvalue weighted by atomic mass is 32.1. The number of rotatable bonds is 5. The lowest BCUT2D eigenvalue weighted by atomic mass is 10.1. The lowest BCUT2D eigenvalue weighted by molar-refractivity contribution is -0.192. The molecule has 0 radical (unpaired) electrons. The number of carbonyl (C=O) groups is 2. The third-order valence-electron chi connectivity index (χ3n) is 3.91. The van der Waals surface area contributed by atoms with Gasteiger partial charge in [-0.2, -0.15) is 13.2 Å². The molecule has 2 aromatic rings. The summed E-state index contributed by atoms with van der Waals surface area (Å²) in [5, 5.41) is 21.8. The highest BCUT2D eigenvalue weighted by molar-refractivity contribution is 7.13. The van der Waals surface area contributed by atoms with Gasteiger partial charge in [-0.15, -0.1) is 11.3 Å². The zero-order valence-corrected chi connectivity index (χ0v) is 17.3. The summed E-state index contributed by atoms with van der Waals surface area (Å²) in [6, 6.07) is 7.47. The van der Waals surface area contributed by atoms with E-state index in [1.807, 2.05) is 36.7 Å². The summed E-state index contributed by atoms with van der Waals surface area (Å²) < 4.78 is 37.4. The molecule has 3 rings (SSSR count). The number of nitrogens with zero attached hydrogens (tertiary/aromatic N) is 1. The van der Waals surface area contributed by atoms with E-state index >= 15 is 0 Å². The first-order valence-electron chi connectivity index (χ1n) is 9.08. The Morgan fingerprint density at radius 3 is 2.52 bits per heavy atom. The Labute approximate surface area is 180 Å². The molecule has 31 heavy (non-hydrogen) atoms. The van der Waals surface area contributed by atoms with Crippen molar-refractivity contribution in [2.24, 2.45) is 0 Å². The number of carboxylic acid groups (broad SMARTS) is 1. The van der Waals surface area contributed by atoms with Gasteiger partial charge < -0.3 is 31.1 Å². The molecule has 5 N–H and O–H groups in total. The van der Waals surface area contributed by atoms with Crippen LogP contribution in [-0.2, 0) is 16.1 Å². The van der Waals surface area contributed by atoms with Crippen LogP contribution in [0.3, 0.4) is 0 Å². The van der Waals surface area contributed by atoms with Crippen LogP contribution in [0.1, 0.15) is 17.4 Å². The number of halogens is 3. The van der Waals surface area contributed by atoms with Crippen molar-refractivity contribution in [3.05, 3.63) is 40.9 Å². The molecule has 0 saturated carbocycles. The van der Waals surface area contributed by atoms with Gasteiger partial charge in [0.2, 0.25) is 0 Å². The number of morpholine rings is 1. The predicted molar refractivity (Wildman–Crippen MR) is 109 cm³/mol. The maximum absolute atomic E-state index is 12.0. The average Bonchev–Trinajstić information content (AvgIpc) is 3.21. The van der Waals surface area contributed by atoms with Crippen LogP contribution in [-0.4, -0.2) is 55.0 Å². The van der Waals surface area contributed by atoms with Crippen molar-refractivity contribution in [3.63, 3.8) is 0 Å². The Morgan fingerprint density at radius 2 is 2.00 bits per heavy atom. The summed E-state index contributed by atoms with van der Waals surface area (Å²) in [5.74, 6) is -2.76. The molecule has 1 fully saturated rings. The maximum atomic E-state index is 12.0. The molecule has 2 heterocycles. The normalized spacial score (nSPS) is 15.9. The highest BCUT2D eigenvalue weighted by Crippen LogP contribution is 2.20. The largest absolute Gasteiger partial charge is 0.490 e. The molecule has 1 unspecified atom stereocenters. The highest BCUT2D eigenvalue weighted by Gasteiger charge is 2.38. The monoisotopic (exact) mass is 461 g/mol. The number of anilines is 2. The summed E-state index contributed by atoms with van der Waals surface area (Å²) >= 11 is 1.51. The molecule has 1 atom stereocenters. The first-order valence-corrected chi connectivity index (χ1v) is 9.96. The second-order valence-corrected chi connectivity index (χ2v) is 7.05. The number of benzene rings is 1. The van der Waals surface area contributed by atoms with E-state index in [4.69, 9.17) is 14.6 Å². The molecule has 0 aliphatic carbocycles. The second kappa shape index (κ2) is 11.5. The van der Waals surface area contributed by atoms with E-state index in [1.165, 1.54) is 11.3 Å². The van der Waals surface area contributed by atoms with Gasteiger partial charge in [-0.3, -0.25) is 0 Å². The van der Waals surface area contributed by atoms with Gasteiger partial charge in [0, 0.05) is 31.2 Å². The summed E-state index contributed by atoms with van der Waals surface area (Å²) in [7, 11) is 1.82. The summed E-state index contributed by atoms with van der Waals surface area (Å²) in [6.45, 7) is 2.82. The third kappa shape index (κ3) is 8.39. The van der Waals surface area contributed by atoms with Gasteiger partial charge in [-0.05, 0) is 17.7 Å². The fourth-order valence-corrected chi connectivity index (χ4v) is 3.08. The number of nitrogens with one attached hydrogen (secondary N) is 4. The minimum Gasteiger partial charge on any atom is -0.475 e. The lowest BCUT2D eigenvalue weighted by Gasteiger charge is -2.24. The van der Waals surface area contributed by atoms with Crippen molar-refractivity contribution in [1.82, 2.24) is 15.6 Å². The minimum absolute atomic E-state index is 0.0765. The van der Waals surface area contributed by atoms with E-state index < -0.39 is 12.1 Å². The van der Waals surface area contributed by atoms with Crippen molar-refractivity contribution in [3.8, 4) is 0 Å². The first-order chi connectivity index (χ1) is 14.7. The van der Waals surface area contributed by atoms with Crippen molar-refractivity contribution in [1.29, 1.82) is 0 Å². The molecule has 1 aromatic heterocycles. The molecule has 13 heteroatoms. The van der Waals surface area contributed by atoms with Gasteiger partial charge in [0.15, 0.2) is 5.13 Å². The molecule has 9 nitrogen and oxygen atoms in total. The first kappa shape index (κ1) is 24.4. The van der Waals surface area contributed by atoms with Crippen molar-refractivity contribution in [2.75, 3.05) is 37.4 Å². The quantitative estimate of drug-likeness (QED) is 0.464. The third-order valence-corrected chi connectivity index (χ3v) is 4.81. The Balaban J connectivity index is 0.000000423. The van der Waals surface area contributed by atoms with Gasteiger partial charge in [-0.25, -0.2) is 14.6 Å². The van der Waals surface area contributed by atoms with Crippen molar-refractivity contribution in [2.45, 2.75) is 18.8 Å². The van der Waals surface area contributed by atoms with E-state index in [1.54, 1.807) is 0 Å². The number of carboxylic acids is 1. The predicted octanol–water partition coefficient (Wildman–Crippen LogP) is 2.80. The Morgan fingerprint density at radius 1 is 1.32 bits per heavy atom.